The Balaban J connectivity index is 0.000000354. The maximum absolute atomic E-state index is 11.1. The Hall–Kier alpha value is -1.24. The lowest BCUT2D eigenvalue weighted by Crippen LogP contribution is -2.53. The molecule has 5 nitrogen and oxygen atoms in total. The highest BCUT2D eigenvalue weighted by Gasteiger charge is 2.59. The quantitative estimate of drug-likeness (QED) is 0.416. The third kappa shape index (κ3) is 4.55. The number of pyridine rings is 1. The predicted octanol–water partition coefficient (Wildman–Crippen LogP) is 6.25. The zero-order chi connectivity index (χ0) is 23.0. The van der Waals surface area contributed by atoms with Gasteiger partial charge in [-0.15, -0.1) is 0 Å². The van der Waals surface area contributed by atoms with Crippen molar-refractivity contribution in [3.05, 3.63) is 42.2 Å². The zero-order valence-corrected chi connectivity index (χ0v) is 20.6. The van der Waals surface area contributed by atoms with Crippen LogP contribution in [0.1, 0.15) is 78.6 Å². The van der Waals surface area contributed by atoms with Gasteiger partial charge in [0.05, 0.1) is 6.10 Å². The Kier molecular flexibility index (Phi) is 6.86. The molecule has 0 unspecified atom stereocenters. The molecular weight excluding hydrogens is 422 g/mol. The van der Waals surface area contributed by atoms with Gasteiger partial charge >= 0.3 is 10.4 Å². The molecule has 32 heavy (non-hydrogen) atoms. The molecule has 1 heterocycles. The van der Waals surface area contributed by atoms with E-state index in [4.69, 9.17) is 8.74 Å². The average Bonchev–Trinajstić information content (AvgIpc) is 3.11. The SMILES string of the molecule is C/C=C1/CC[C@H]2[C@@H]3CC[C@@H]4C[C@H](OS(=O)(=O)O)CC[C@]4(C)[C@H]3CC[C@]12C.c1ccncc1. The summed E-state index contributed by atoms with van der Waals surface area (Å²) in [4.78, 5) is 3.78. The highest BCUT2D eigenvalue weighted by molar-refractivity contribution is 7.80. The molecule has 0 saturated heterocycles. The standard InChI is InChI=1S/C21H34O4S.C5H5N/c1-4-14-6-8-18-17-7-5-15-13-16(25-26(22,23)24)9-11-21(15,3)19(17)10-12-20(14,18)2;1-2-4-6-5-3-1/h4,15-19H,5-13H2,1-3H3,(H,22,23,24);1-5H/b14-4-;/t15-,16-,17+,18+,19+,20-,21+;/m1./s1. The van der Waals surface area contributed by atoms with Gasteiger partial charge in [0.2, 0.25) is 0 Å². The molecule has 0 bridgehead atoms. The van der Waals surface area contributed by atoms with E-state index in [1.54, 1.807) is 18.0 Å². The van der Waals surface area contributed by atoms with Gasteiger partial charge in [-0.05, 0) is 111 Å². The normalized spacial score (nSPS) is 42.2. The minimum Gasteiger partial charge on any atom is -0.265 e. The summed E-state index contributed by atoms with van der Waals surface area (Å²) in [5.41, 5.74) is 2.42. The molecule has 1 aromatic heterocycles. The summed E-state index contributed by atoms with van der Waals surface area (Å²) in [6.07, 6.45) is 15.8. The molecule has 4 aliphatic rings. The van der Waals surface area contributed by atoms with Crippen LogP contribution in [0.5, 0.6) is 0 Å². The second-order valence-electron chi connectivity index (χ2n) is 10.9. The first kappa shape index (κ1) is 23.9. The molecule has 1 aromatic rings. The fourth-order valence-electron chi connectivity index (χ4n) is 8.11. The van der Waals surface area contributed by atoms with E-state index in [2.05, 4.69) is 31.8 Å². The molecule has 0 aromatic carbocycles. The Bertz CT molecular complexity index is 890. The summed E-state index contributed by atoms with van der Waals surface area (Å²) >= 11 is 0. The Labute approximate surface area is 194 Å². The number of hydrogen-bond acceptors (Lipinski definition) is 4. The summed E-state index contributed by atoms with van der Waals surface area (Å²) in [6.45, 7) is 7.19. The van der Waals surface area contributed by atoms with Gasteiger partial charge in [0.25, 0.3) is 0 Å². The molecule has 4 fully saturated rings. The zero-order valence-electron chi connectivity index (χ0n) is 19.7. The molecule has 6 heteroatoms. The van der Waals surface area contributed by atoms with Crippen molar-refractivity contribution < 1.29 is 17.2 Å². The van der Waals surface area contributed by atoms with Gasteiger partial charge in [0.1, 0.15) is 0 Å². The van der Waals surface area contributed by atoms with Crippen LogP contribution in [-0.2, 0) is 14.6 Å². The van der Waals surface area contributed by atoms with Crippen LogP contribution < -0.4 is 0 Å². The number of aromatic nitrogens is 1. The van der Waals surface area contributed by atoms with Crippen LogP contribution >= 0.6 is 0 Å². The van der Waals surface area contributed by atoms with Crippen molar-refractivity contribution in [1.29, 1.82) is 0 Å². The van der Waals surface area contributed by atoms with E-state index in [1.165, 1.54) is 38.5 Å². The fraction of sp³-hybridized carbons (Fsp3) is 0.731. The first-order valence-electron chi connectivity index (χ1n) is 12.3. The van der Waals surface area contributed by atoms with Gasteiger partial charge in [0.15, 0.2) is 0 Å². The van der Waals surface area contributed by atoms with Crippen molar-refractivity contribution in [2.75, 3.05) is 0 Å². The number of nitrogens with zero attached hydrogens (tertiary/aromatic N) is 1. The van der Waals surface area contributed by atoms with Gasteiger partial charge in [-0.1, -0.05) is 31.6 Å². The Morgan fingerprint density at radius 2 is 1.78 bits per heavy atom. The lowest BCUT2D eigenvalue weighted by molar-refractivity contribution is -0.113. The van der Waals surface area contributed by atoms with Crippen LogP contribution in [0.15, 0.2) is 42.2 Å². The molecule has 5 rings (SSSR count). The monoisotopic (exact) mass is 461 g/mol. The second kappa shape index (κ2) is 9.19. The van der Waals surface area contributed by atoms with Crippen molar-refractivity contribution in [3.8, 4) is 0 Å². The van der Waals surface area contributed by atoms with Crippen LogP contribution in [0, 0.1) is 34.5 Å². The molecule has 0 aliphatic heterocycles. The summed E-state index contributed by atoms with van der Waals surface area (Å²) in [6, 6.07) is 5.72. The van der Waals surface area contributed by atoms with E-state index in [-0.39, 0.29) is 6.10 Å². The summed E-state index contributed by atoms with van der Waals surface area (Å²) < 4.78 is 36.2. The summed E-state index contributed by atoms with van der Waals surface area (Å²) in [5, 5.41) is 0. The molecule has 4 aliphatic carbocycles. The van der Waals surface area contributed by atoms with Gasteiger partial charge < -0.3 is 0 Å². The minimum atomic E-state index is -4.34. The fourth-order valence-corrected chi connectivity index (χ4v) is 8.63. The molecule has 0 radical (unpaired) electrons. The first-order valence-corrected chi connectivity index (χ1v) is 13.7. The minimum absolute atomic E-state index is 0.308. The summed E-state index contributed by atoms with van der Waals surface area (Å²) in [5.74, 6) is 2.95. The van der Waals surface area contributed by atoms with Crippen molar-refractivity contribution in [3.63, 3.8) is 0 Å². The van der Waals surface area contributed by atoms with Gasteiger partial charge in [0, 0.05) is 12.4 Å². The van der Waals surface area contributed by atoms with E-state index in [1.807, 2.05) is 18.2 Å². The molecule has 1 N–H and O–H groups in total. The average molecular weight is 462 g/mol. The highest BCUT2D eigenvalue weighted by atomic mass is 32.3. The van der Waals surface area contributed by atoms with E-state index in [0.29, 0.717) is 16.7 Å². The van der Waals surface area contributed by atoms with Crippen molar-refractivity contribution in [1.82, 2.24) is 4.98 Å². The largest absolute Gasteiger partial charge is 0.397 e. The molecular formula is C26H39NO4S. The molecule has 0 spiro atoms. The number of allylic oxidation sites excluding steroid dienone is 2. The van der Waals surface area contributed by atoms with Crippen LogP contribution in [0.2, 0.25) is 0 Å². The van der Waals surface area contributed by atoms with Crippen molar-refractivity contribution in [2.24, 2.45) is 34.5 Å². The Morgan fingerprint density at radius 1 is 1.03 bits per heavy atom. The van der Waals surface area contributed by atoms with E-state index >= 15 is 0 Å². The molecule has 0 amide bonds. The first-order chi connectivity index (χ1) is 15.2. The van der Waals surface area contributed by atoms with Gasteiger partial charge in [-0.25, -0.2) is 4.18 Å². The smallest absolute Gasteiger partial charge is 0.265 e. The third-order valence-corrected chi connectivity index (χ3v) is 10.2. The number of rotatable bonds is 2. The summed E-state index contributed by atoms with van der Waals surface area (Å²) in [7, 11) is -4.34. The van der Waals surface area contributed by atoms with Crippen LogP contribution in [0.4, 0.5) is 0 Å². The molecule has 178 valence electrons. The van der Waals surface area contributed by atoms with E-state index in [0.717, 1.165) is 37.0 Å². The topological polar surface area (TPSA) is 76.5 Å². The third-order valence-electron chi connectivity index (χ3n) is 9.64. The van der Waals surface area contributed by atoms with Crippen LogP contribution in [0.3, 0.4) is 0 Å². The lowest BCUT2D eigenvalue weighted by Gasteiger charge is -2.60. The number of hydrogen-bond donors (Lipinski definition) is 1. The maximum atomic E-state index is 11.1. The Morgan fingerprint density at radius 3 is 2.38 bits per heavy atom. The highest BCUT2D eigenvalue weighted by Crippen LogP contribution is 2.67. The van der Waals surface area contributed by atoms with E-state index < -0.39 is 10.4 Å². The van der Waals surface area contributed by atoms with Crippen molar-refractivity contribution >= 4 is 10.4 Å². The lowest BCUT2D eigenvalue weighted by atomic mass is 9.45. The van der Waals surface area contributed by atoms with Crippen LogP contribution in [-0.4, -0.2) is 24.1 Å². The molecule has 7 atom stereocenters. The second-order valence-corrected chi connectivity index (χ2v) is 12.0. The van der Waals surface area contributed by atoms with Gasteiger partial charge in [-0.3, -0.25) is 9.54 Å². The van der Waals surface area contributed by atoms with Gasteiger partial charge in [-0.2, -0.15) is 8.42 Å². The maximum Gasteiger partial charge on any atom is 0.397 e. The number of fused-ring (bicyclic) bond motifs is 5. The van der Waals surface area contributed by atoms with E-state index in [9.17, 15) is 8.42 Å². The molecule has 4 saturated carbocycles. The van der Waals surface area contributed by atoms with Crippen molar-refractivity contribution in [2.45, 2.75) is 84.7 Å². The van der Waals surface area contributed by atoms with Crippen LogP contribution in [0.25, 0.3) is 0 Å². The predicted molar refractivity (Wildman–Crippen MR) is 126 cm³/mol.